The lowest BCUT2D eigenvalue weighted by Gasteiger charge is -2.16. The lowest BCUT2D eigenvalue weighted by atomic mass is 10.2. The minimum absolute atomic E-state index is 0.359. The fourth-order valence-electron chi connectivity index (χ4n) is 1.78. The Kier molecular flexibility index (Phi) is 6.11. The molecule has 2 aromatic carbocycles. The molecule has 3 nitrogen and oxygen atoms in total. The van der Waals surface area contributed by atoms with E-state index in [4.69, 9.17) is 14.2 Å². The molecule has 0 atom stereocenters. The second-order valence-electron chi connectivity index (χ2n) is 4.57. The molecule has 0 saturated carbocycles. The first-order chi connectivity index (χ1) is 10.2. The van der Waals surface area contributed by atoms with E-state index in [2.05, 4.69) is 37.3 Å². The first kappa shape index (κ1) is 15.9. The van der Waals surface area contributed by atoms with Crippen molar-refractivity contribution in [2.45, 2.75) is 23.0 Å². The van der Waals surface area contributed by atoms with Crippen molar-refractivity contribution in [2.75, 3.05) is 20.8 Å². The molecule has 4 heteroatoms. The number of methoxy groups -OCH3 is 2. The van der Waals surface area contributed by atoms with Gasteiger partial charge in [0.2, 0.25) is 0 Å². The summed E-state index contributed by atoms with van der Waals surface area (Å²) in [6.45, 7) is 2.44. The zero-order valence-corrected chi connectivity index (χ0v) is 13.4. The van der Waals surface area contributed by atoms with Crippen molar-refractivity contribution >= 4 is 11.8 Å². The van der Waals surface area contributed by atoms with E-state index < -0.39 is 0 Å². The summed E-state index contributed by atoms with van der Waals surface area (Å²) in [5, 5.41) is 0. The summed E-state index contributed by atoms with van der Waals surface area (Å²) in [5.41, 5.74) is 1.26. The van der Waals surface area contributed by atoms with Crippen LogP contribution in [0.3, 0.4) is 0 Å². The molecule has 21 heavy (non-hydrogen) atoms. The Bertz CT molecular complexity index is 550. The number of para-hydroxylation sites is 1. The molecule has 2 rings (SSSR count). The highest BCUT2D eigenvalue weighted by molar-refractivity contribution is 7.99. The van der Waals surface area contributed by atoms with Crippen LogP contribution >= 0.6 is 11.8 Å². The molecule has 0 heterocycles. The molecule has 0 spiro atoms. The van der Waals surface area contributed by atoms with Crippen LogP contribution in [0.2, 0.25) is 0 Å². The SMILES string of the molecule is COC(COc1ccccc1Sc1ccc(C)cc1)OC. The maximum absolute atomic E-state index is 5.81. The smallest absolute Gasteiger partial charge is 0.191 e. The number of ether oxygens (including phenoxy) is 3. The highest BCUT2D eigenvalue weighted by atomic mass is 32.2. The lowest BCUT2D eigenvalue weighted by Crippen LogP contribution is -2.22. The van der Waals surface area contributed by atoms with Gasteiger partial charge >= 0.3 is 0 Å². The Morgan fingerprint density at radius 1 is 0.952 bits per heavy atom. The molecule has 0 N–H and O–H groups in total. The van der Waals surface area contributed by atoms with Gasteiger partial charge in [-0.05, 0) is 31.2 Å². The van der Waals surface area contributed by atoms with Crippen molar-refractivity contribution in [2.24, 2.45) is 0 Å². The molecular formula is C17H20O3S. The van der Waals surface area contributed by atoms with Crippen molar-refractivity contribution < 1.29 is 14.2 Å². The minimum atomic E-state index is -0.359. The summed E-state index contributed by atoms with van der Waals surface area (Å²) in [6.07, 6.45) is -0.359. The van der Waals surface area contributed by atoms with Crippen LogP contribution in [0.15, 0.2) is 58.3 Å². The number of hydrogen-bond donors (Lipinski definition) is 0. The van der Waals surface area contributed by atoms with Gasteiger partial charge in [0.25, 0.3) is 0 Å². The number of aryl methyl sites for hydroxylation is 1. The molecule has 0 aliphatic rings. The van der Waals surface area contributed by atoms with Gasteiger partial charge in [0, 0.05) is 19.1 Å². The van der Waals surface area contributed by atoms with Crippen LogP contribution < -0.4 is 4.74 Å². The summed E-state index contributed by atoms with van der Waals surface area (Å²) < 4.78 is 16.1. The molecule has 0 fully saturated rings. The molecule has 0 unspecified atom stereocenters. The molecule has 0 aliphatic heterocycles. The summed E-state index contributed by atoms with van der Waals surface area (Å²) >= 11 is 1.68. The van der Waals surface area contributed by atoms with Gasteiger partial charge in [0.05, 0.1) is 4.90 Å². The molecular weight excluding hydrogens is 284 g/mol. The zero-order valence-electron chi connectivity index (χ0n) is 12.5. The molecule has 0 radical (unpaired) electrons. The van der Waals surface area contributed by atoms with Gasteiger partial charge in [-0.3, -0.25) is 0 Å². The van der Waals surface area contributed by atoms with Crippen LogP contribution in [0.25, 0.3) is 0 Å². The molecule has 0 amide bonds. The van der Waals surface area contributed by atoms with E-state index in [-0.39, 0.29) is 6.29 Å². The summed E-state index contributed by atoms with van der Waals surface area (Å²) in [5.74, 6) is 0.835. The Morgan fingerprint density at radius 2 is 1.62 bits per heavy atom. The minimum Gasteiger partial charge on any atom is -0.487 e. The Balaban J connectivity index is 2.07. The van der Waals surface area contributed by atoms with Crippen LogP contribution in [-0.4, -0.2) is 27.1 Å². The molecule has 2 aromatic rings. The Morgan fingerprint density at radius 3 is 2.29 bits per heavy atom. The van der Waals surface area contributed by atoms with Gasteiger partial charge in [-0.2, -0.15) is 0 Å². The van der Waals surface area contributed by atoms with Gasteiger partial charge in [0.1, 0.15) is 12.4 Å². The third-order valence-electron chi connectivity index (χ3n) is 3.00. The van der Waals surface area contributed by atoms with Crippen LogP contribution in [0.5, 0.6) is 5.75 Å². The molecule has 0 bridgehead atoms. The maximum atomic E-state index is 5.81. The van der Waals surface area contributed by atoms with Gasteiger partial charge < -0.3 is 14.2 Å². The highest BCUT2D eigenvalue weighted by Crippen LogP contribution is 2.34. The molecule has 112 valence electrons. The number of rotatable bonds is 7. The molecule has 0 aliphatic carbocycles. The lowest BCUT2D eigenvalue weighted by molar-refractivity contribution is -0.122. The Labute approximate surface area is 130 Å². The van der Waals surface area contributed by atoms with Crippen molar-refractivity contribution in [3.63, 3.8) is 0 Å². The van der Waals surface area contributed by atoms with Crippen molar-refractivity contribution in [3.8, 4) is 5.75 Å². The predicted molar refractivity (Wildman–Crippen MR) is 85.0 cm³/mol. The fraction of sp³-hybridized carbons (Fsp3) is 0.294. The van der Waals surface area contributed by atoms with E-state index in [1.54, 1.807) is 26.0 Å². The van der Waals surface area contributed by atoms with Crippen LogP contribution in [0, 0.1) is 6.92 Å². The van der Waals surface area contributed by atoms with E-state index >= 15 is 0 Å². The summed E-state index contributed by atoms with van der Waals surface area (Å²) in [7, 11) is 3.20. The van der Waals surface area contributed by atoms with E-state index in [9.17, 15) is 0 Å². The monoisotopic (exact) mass is 304 g/mol. The van der Waals surface area contributed by atoms with E-state index in [1.807, 2.05) is 18.2 Å². The maximum Gasteiger partial charge on any atom is 0.191 e. The Hall–Kier alpha value is -1.49. The normalized spacial score (nSPS) is 10.9. The number of hydrogen-bond acceptors (Lipinski definition) is 4. The van der Waals surface area contributed by atoms with Crippen molar-refractivity contribution in [1.29, 1.82) is 0 Å². The zero-order chi connectivity index (χ0) is 15.1. The quantitative estimate of drug-likeness (QED) is 0.718. The van der Waals surface area contributed by atoms with E-state index in [1.165, 1.54) is 10.5 Å². The van der Waals surface area contributed by atoms with E-state index in [0.29, 0.717) is 6.61 Å². The van der Waals surface area contributed by atoms with Crippen molar-refractivity contribution in [3.05, 3.63) is 54.1 Å². The third kappa shape index (κ3) is 4.77. The average Bonchev–Trinajstić information content (AvgIpc) is 2.52. The molecule has 0 aromatic heterocycles. The van der Waals surface area contributed by atoms with Crippen molar-refractivity contribution in [1.82, 2.24) is 0 Å². The van der Waals surface area contributed by atoms with Crippen LogP contribution in [0.4, 0.5) is 0 Å². The van der Waals surface area contributed by atoms with Crippen LogP contribution in [0.1, 0.15) is 5.56 Å². The van der Waals surface area contributed by atoms with Gasteiger partial charge in [-0.1, -0.05) is 41.6 Å². The predicted octanol–water partition coefficient (Wildman–Crippen LogP) is 4.14. The fourth-order valence-corrected chi connectivity index (χ4v) is 2.68. The second kappa shape index (κ2) is 8.08. The summed E-state index contributed by atoms with van der Waals surface area (Å²) in [6, 6.07) is 16.4. The molecule has 0 saturated heterocycles. The van der Waals surface area contributed by atoms with Crippen LogP contribution in [-0.2, 0) is 9.47 Å². The average molecular weight is 304 g/mol. The first-order valence-electron chi connectivity index (χ1n) is 6.75. The van der Waals surface area contributed by atoms with Gasteiger partial charge in [-0.25, -0.2) is 0 Å². The van der Waals surface area contributed by atoms with Gasteiger partial charge in [-0.15, -0.1) is 0 Å². The second-order valence-corrected chi connectivity index (χ2v) is 5.69. The van der Waals surface area contributed by atoms with Gasteiger partial charge in [0.15, 0.2) is 6.29 Å². The highest BCUT2D eigenvalue weighted by Gasteiger charge is 2.09. The third-order valence-corrected chi connectivity index (χ3v) is 4.06. The summed E-state index contributed by atoms with van der Waals surface area (Å²) in [4.78, 5) is 2.26. The van der Waals surface area contributed by atoms with E-state index in [0.717, 1.165) is 10.6 Å². The first-order valence-corrected chi connectivity index (χ1v) is 7.56. The number of benzene rings is 2. The largest absolute Gasteiger partial charge is 0.487 e. The topological polar surface area (TPSA) is 27.7 Å². The standard InChI is InChI=1S/C17H20O3S/c1-13-8-10-14(11-9-13)21-16-7-5-4-6-15(16)20-12-17(18-2)19-3/h4-11,17H,12H2,1-3H3.